The summed E-state index contributed by atoms with van der Waals surface area (Å²) in [5.74, 6) is 0.402. The molecule has 4 nitrogen and oxygen atoms in total. The van der Waals surface area contributed by atoms with Gasteiger partial charge >= 0.3 is 6.61 Å². The number of ether oxygens (including phenoxy) is 2. The molecule has 128 valence electrons. The number of rotatable bonds is 5. The molecule has 0 saturated heterocycles. The van der Waals surface area contributed by atoms with Crippen molar-refractivity contribution in [2.24, 2.45) is 0 Å². The second kappa shape index (κ2) is 6.26. The van der Waals surface area contributed by atoms with Gasteiger partial charge in [-0.15, -0.1) is 0 Å². The summed E-state index contributed by atoms with van der Waals surface area (Å²) in [5, 5.41) is 0. The summed E-state index contributed by atoms with van der Waals surface area (Å²) in [6.45, 7) is 1.59. The van der Waals surface area contributed by atoms with Gasteiger partial charge in [0.1, 0.15) is 0 Å². The van der Waals surface area contributed by atoms with Gasteiger partial charge in [-0.25, -0.2) is 0 Å². The molecule has 0 fully saturated rings. The molecule has 0 N–H and O–H groups in total. The Morgan fingerprint density at radius 2 is 2.12 bits per heavy atom. The molecule has 1 aliphatic heterocycles. The molecular weight excluding hydrogens is 316 g/mol. The number of ketones is 1. The minimum Gasteiger partial charge on any atom is -0.493 e. The Morgan fingerprint density at radius 3 is 2.75 bits per heavy atom. The number of carbonyl (C=O) groups excluding carboxylic acids is 1. The largest absolute Gasteiger partial charge is 0.493 e. The number of hydrogen-bond donors (Lipinski definition) is 0. The van der Waals surface area contributed by atoms with Crippen LogP contribution in [0, 0.1) is 0 Å². The molecule has 0 aliphatic carbocycles. The number of Topliss-reactive ketones (excluding diaryl/α,β-unsaturated/α-hetero) is 1. The molecule has 2 aromatic rings. The van der Waals surface area contributed by atoms with Gasteiger partial charge in [-0.1, -0.05) is 13.8 Å². The molecule has 3 rings (SSSR count). The lowest BCUT2D eigenvalue weighted by Crippen LogP contribution is -2.16. The highest BCUT2D eigenvalue weighted by Gasteiger charge is 2.28. The van der Waals surface area contributed by atoms with Crippen molar-refractivity contribution in [2.75, 3.05) is 7.11 Å². The summed E-state index contributed by atoms with van der Waals surface area (Å²) in [5.41, 5.74) is 3.17. The van der Waals surface area contributed by atoms with Crippen molar-refractivity contribution in [3.63, 3.8) is 0 Å². The lowest BCUT2D eigenvalue weighted by molar-refractivity contribution is -0.0512. The maximum Gasteiger partial charge on any atom is 0.387 e. The van der Waals surface area contributed by atoms with Crippen LogP contribution in [-0.4, -0.2) is 24.1 Å². The molecule has 1 aromatic heterocycles. The zero-order valence-corrected chi connectivity index (χ0v) is 13.8. The van der Waals surface area contributed by atoms with E-state index in [1.165, 1.54) is 7.11 Å². The van der Waals surface area contributed by atoms with Gasteiger partial charge in [0.2, 0.25) is 0 Å². The predicted molar refractivity (Wildman–Crippen MR) is 86.1 cm³/mol. The van der Waals surface area contributed by atoms with E-state index in [-0.39, 0.29) is 23.2 Å². The zero-order chi connectivity index (χ0) is 17.4. The Hall–Kier alpha value is -2.37. The van der Waals surface area contributed by atoms with E-state index in [4.69, 9.17) is 4.74 Å². The maximum atomic E-state index is 12.6. The third-order valence-corrected chi connectivity index (χ3v) is 4.39. The molecule has 0 amide bonds. The zero-order valence-electron chi connectivity index (χ0n) is 13.8. The second-order valence-corrected chi connectivity index (χ2v) is 5.88. The average molecular weight is 335 g/mol. The van der Waals surface area contributed by atoms with E-state index in [2.05, 4.69) is 4.74 Å². The molecule has 24 heavy (non-hydrogen) atoms. The van der Waals surface area contributed by atoms with Gasteiger partial charge in [0.25, 0.3) is 0 Å². The van der Waals surface area contributed by atoms with Crippen LogP contribution in [0.3, 0.4) is 0 Å². The molecule has 1 unspecified atom stereocenters. The molecule has 0 bridgehead atoms. The Balaban J connectivity index is 2.20. The Morgan fingerprint density at radius 1 is 1.38 bits per heavy atom. The summed E-state index contributed by atoms with van der Waals surface area (Å²) >= 11 is 0. The lowest BCUT2D eigenvalue weighted by atomic mass is 9.88. The Kier molecular flexibility index (Phi) is 4.30. The summed E-state index contributed by atoms with van der Waals surface area (Å²) in [6.07, 6.45) is 2.30. The van der Waals surface area contributed by atoms with Crippen LogP contribution in [-0.2, 0) is 6.54 Å². The van der Waals surface area contributed by atoms with E-state index < -0.39 is 6.61 Å². The van der Waals surface area contributed by atoms with Crippen molar-refractivity contribution in [3.05, 3.63) is 35.5 Å². The first-order valence-electron chi connectivity index (χ1n) is 7.85. The van der Waals surface area contributed by atoms with Crippen LogP contribution in [0.25, 0.3) is 11.3 Å². The van der Waals surface area contributed by atoms with Crippen molar-refractivity contribution < 1.29 is 23.0 Å². The number of nitrogens with zero attached hydrogens (tertiary/aromatic N) is 1. The highest BCUT2D eigenvalue weighted by atomic mass is 19.3. The highest BCUT2D eigenvalue weighted by Crippen LogP contribution is 2.44. The Labute approximate surface area is 139 Å². The predicted octanol–water partition coefficient (Wildman–Crippen LogP) is 4.47. The molecule has 1 atom stereocenters. The molecule has 6 heteroatoms. The van der Waals surface area contributed by atoms with E-state index in [1.54, 1.807) is 12.1 Å². The molecule has 1 aliphatic rings. The standard InChI is InChI=1S/C18H19F2NO3/c1-4-14(22)11-5-6-21-9-10(2)12-7-16(24-18(19)20)15(23-3)8-13(12)17(11)21/h5-8,10,18H,4,9H2,1-3H3. The minimum absolute atomic E-state index is 0.0153. The van der Waals surface area contributed by atoms with Gasteiger partial charge in [0, 0.05) is 30.3 Å². The van der Waals surface area contributed by atoms with Crippen molar-refractivity contribution in [1.82, 2.24) is 4.57 Å². The number of carbonyl (C=O) groups is 1. The van der Waals surface area contributed by atoms with E-state index >= 15 is 0 Å². The second-order valence-electron chi connectivity index (χ2n) is 5.88. The van der Waals surface area contributed by atoms with E-state index in [0.717, 1.165) is 16.8 Å². The van der Waals surface area contributed by atoms with Gasteiger partial charge in [-0.3, -0.25) is 4.79 Å². The first-order valence-corrected chi connectivity index (χ1v) is 7.85. The van der Waals surface area contributed by atoms with Crippen LogP contribution in [0.1, 0.15) is 42.1 Å². The normalized spacial score (nSPS) is 15.8. The van der Waals surface area contributed by atoms with Crippen molar-refractivity contribution in [2.45, 2.75) is 39.3 Å². The van der Waals surface area contributed by atoms with Crippen LogP contribution >= 0.6 is 0 Å². The van der Waals surface area contributed by atoms with E-state index in [9.17, 15) is 13.6 Å². The fraction of sp³-hybridized carbons (Fsp3) is 0.389. The summed E-state index contributed by atoms with van der Waals surface area (Å²) < 4.78 is 37.1. The van der Waals surface area contributed by atoms with Crippen LogP contribution in [0.2, 0.25) is 0 Å². The third-order valence-electron chi connectivity index (χ3n) is 4.39. The topological polar surface area (TPSA) is 40.5 Å². The monoisotopic (exact) mass is 335 g/mol. The van der Waals surface area contributed by atoms with E-state index in [0.29, 0.717) is 18.5 Å². The van der Waals surface area contributed by atoms with Gasteiger partial charge in [0.05, 0.1) is 12.8 Å². The van der Waals surface area contributed by atoms with Crippen LogP contribution < -0.4 is 9.47 Å². The van der Waals surface area contributed by atoms with Crippen molar-refractivity contribution in [1.29, 1.82) is 0 Å². The first-order chi connectivity index (χ1) is 11.5. The van der Waals surface area contributed by atoms with Crippen LogP contribution in [0.15, 0.2) is 24.4 Å². The number of aromatic nitrogens is 1. The first kappa shape index (κ1) is 16.5. The van der Waals surface area contributed by atoms with Crippen molar-refractivity contribution in [3.8, 4) is 22.8 Å². The lowest BCUT2D eigenvalue weighted by Gasteiger charge is -2.27. The fourth-order valence-corrected chi connectivity index (χ4v) is 3.27. The number of alkyl halides is 2. The average Bonchev–Trinajstić information content (AvgIpc) is 2.97. The summed E-state index contributed by atoms with van der Waals surface area (Å²) in [4.78, 5) is 12.2. The highest BCUT2D eigenvalue weighted by molar-refractivity contribution is 6.02. The Bertz CT molecular complexity index is 783. The van der Waals surface area contributed by atoms with Crippen LogP contribution in [0.4, 0.5) is 8.78 Å². The molecule has 0 spiro atoms. The van der Waals surface area contributed by atoms with Crippen LogP contribution in [0.5, 0.6) is 11.5 Å². The van der Waals surface area contributed by atoms with Gasteiger partial charge < -0.3 is 14.0 Å². The van der Waals surface area contributed by atoms with E-state index in [1.807, 2.05) is 30.7 Å². The van der Waals surface area contributed by atoms with Gasteiger partial charge in [-0.05, 0) is 29.7 Å². The van der Waals surface area contributed by atoms with Crippen molar-refractivity contribution >= 4 is 5.78 Å². The molecule has 0 radical (unpaired) electrons. The quantitative estimate of drug-likeness (QED) is 0.757. The summed E-state index contributed by atoms with van der Waals surface area (Å²) in [7, 11) is 1.41. The number of fused-ring (bicyclic) bond motifs is 3. The number of benzene rings is 1. The minimum atomic E-state index is -2.92. The third kappa shape index (κ3) is 2.66. The summed E-state index contributed by atoms with van der Waals surface area (Å²) in [6, 6.07) is 5.10. The van der Waals surface area contributed by atoms with Gasteiger partial charge in [-0.2, -0.15) is 8.78 Å². The van der Waals surface area contributed by atoms with Gasteiger partial charge in [0.15, 0.2) is 17.3 Å². The number of halogens is 2. The molecule has 1 aromatic carbocycles. The number of methoxy groups -OCH3 is 1. The molecule has 0 saturated carbocycles. The molecule has 2 heterocycles. The molecular formula is C18H19F2NO3. The number of hydrogen-bond acceptors (Lipinski definition) is 3. The SMILES string of the molecule is CCC(=O)c1ccn2c1-c1cc(OC)c(OC(F)F)cc1C(C)C2. The maximum absolute atomic E-state index is 12.6. The fourth-order valence-electron chi connectivity index (χ4n) is 3.27. The smallest absolute Gasteiger partial charge is 0.387 e.